The van der Waals surface area contributed by atoms with Crippen LogP contribution in [-0.2, 0) is 9.53 Å². The predicted molar refractivity (Wildman–Crippen MR) is 48.0 cm³/mol. The second-order valence-electron chi connectivity index (χ2n) is 3.27. The summed E-state index contributed by atoms with van der Waals surface area (Å²) in [5, 5.41) is 0. The fourth-order valence-corrected chi connectivity index (χ4v) is 1.16. The molecule has 2 heteroatoms. The molecule has 1 aliphatic heterocycles. The molecule has 0 radical (unpaired) electrons. The number of carbonyl (C=O) groups excluding carboxylic acids is 1. The lowest BCUT2D eigenvalue weighted by molar-refractivity contribution is -0.138. The minimum atomic E-state index is -0.133. The van der Waals surface area contributed by atoms with E-state index in [0.29, 0.717) is 0 Å². The van der Waals surface area contributed by atoms with Gasteiger partial charge in [0, 0.05) is 6.42 Å². The number of rotatable bonds is 3. The van der Waals surface area contributed by atoms with Crippen molar-refractivity contribution in [1.82, 2.24) is 0 Å². The van der Waals surface area contributed by atoms with E-state index in [9.17, 15) is 4.79 Å². The van der Waals surface area contributed by atoms with Crippen molar-refractivity contribution < 1.29 is 9.53 Å². The van der Waals surface area contributed by atoms with Crippen LogP contribution >= 0.6 is 0 Å². The molecule has 1 aliphatic rings. The third-order valence-electron chi connectivity index (χ3n) is 2.53. The molecule has 0 spiro atoms. The number of ether oxygens (including phenoxy) is 1. The summed E-state index contributed by atoms with van der Waals surface area (Å²) in [6, 6.07) is 0. The molecule has 1 unspecified atom stereocenters. The molecule has 68 valence electrons. The van der Waals surface area contributed by atoms with E-state index >= 15 is 0 Å². The molecular formula is C10H16O2. The van der Waals surface area contributed by atoms with Crippen molar-refractivity contribution >= 4 is 5.78 Å². The molecular weight excluding hydrogens is 152 g/mol. The van der Waals surface area contributed by atoms with Gasteiger partial charge in [-0.3, -0.25) is 4.79 Å². The van der Waals surface area contributed by atoms with E-state index in [1.807, 2.05) is 13.8 Å². The van der Waals surface area contributed by atoms with Gasteiger partial charge in [-0.15, -0.1) is 0 Å². The third kappa shape index (κ3) is 1.75. The van der Waals surface area contributed by atoms with Gasteiger partial charge in [0.15, 0.2) is 5.78 Å². The Labute approximate surface area is 73.6 Å². The number of carbonyl (C=O) groups is 1. The van der Waals surface area contributed by atoms with Gasteiger partial charge in [0.1, 0.15) is 6.10 Å². The van der Waals surface area contributed by atoms with Crippen LogP contribution in [0.5, 0.6) is 0 Å². The highest BCUT2D eigenvalue weighted by atomic mass is 16.5. The number of ketones is 1. The van der Waals surface area contributed by atoms with Crippen LogP contribution in [0, 0.1) is 0 Å². The van der Waals surface area contributed by atoms with Gasteiger partial charge in [-0.1, -0.05) is 12.5 Å². The molecule has 12 heavy (non-hydrogen) atoms. The van der Waals surface area contributed by atoms with E-state index in [2.05, 4.69) is 6.92 Å². The van der Waals surface area contributed by atoms with Crippen LogP contribution < -0.4 is 0 Å². The number of hydrogen-bond acceptors (Lipinski definition) is 2. The van der Waals surface area contributed by atoms with Crippen molar-refractivity contribution in [2.75, 3.05) is 6.61 Å². The maximum absolute atomic E-state index is 11.5. The second-order valence-corrected chi connectivity index (χ2v) is 3.27. The highest BCUT2D eigenvalue weighted by molar-refractivity contribution is 5.99. The first kappa shape index (κ1) is 9.46. The summed E-state index contributed by atoms with van der Waals surface area (Å²) < 4.78 is 5.12. The molecule has 1 fully saturated rings. The lowest BCUT2D eigenvalue weighted by atomic mass is 9.98. The predicted octanol–water partition coefficient (Wildman–Crippen LogP) is 2.09. The Morgan fingerprint density at radius 3 is 2.42 bits per heavy atom. The normalized spacial score (nSPS) is 24.4. The van der Waals surface area contributed by atoms with Gasteiger partial charge < -0.3 is 4.74 Å². The molecule has 0 amide bonds. The summed E-state index contributed by atoms with van der Waals surface area (Å²) in [6.45, 7) is 6.71. The highest BCUT2D eigenvalue weighted by Gasteiger charge is 2.27. The fourth-order valence-electron chi connectivity index (χ4n) is 1.16. The van der Waals surface area contributed by atoms with Gasteiger partial charge in [-0.25, -0.2) is 0 Å². The van der Waals surface area contributed by atoms with Crippen LogP contribution in [0.4, 0.5) is 0 Å². The Morgan fingerprint density at radius 2 is 2.08 bits per heavy atom. The monoisotopic (exact) mass is 168 g/mol. The Hall–Kier alpha value is -0.630. The minimum Gasteiger partial charge on any atom is -0.370 e. The van der Waals surface area contributed by atoms with Crippen molar-refractivity contribution in [2.24, 2.45) is 0 Å². The van der Waals surface area contributed by atoms with Crippen molar-refractivity contribution in [3.05, 3.63) is 11.1 Å². The van der Waals surface area contributed by atoms with Crippen molar-refractivity contribution in [2.45, 2.75) is 39.7 Å². The fraction of sp³-hybridized carbons (Fsp3) is 0.700. The summed E-state index contributed by atoms with van der Waals surface area (Å²) in [4.78, 5) is 11.5. The van der Waals surface area contributed by atoms with Crippen LogP contribution in [0.15, 0.2) is 11.1 Å². The molecule has 0 N–H and O–H groups in total. The maximum Gasteiger partial charge on any atom is 0.187 e. The lowest BCUT2D eigenvalue weighted by Gasteiger charge is -2.25. The zero-order valence-corrected chi connectivity index (χ0v) is 8.02. The van der Waals surface area contributed by atoms with Crippen LogP contribution in [0.1, 0.15) is 33.6 Å². The van der Waals surface area contributed by atoms with Gasteiger partial charge >= 0.3 is 0 Å². The Bertz CT molecular complexity index is 212. The van der Waals surface area contributed by atoms with Gasteiger partial charge in [0.05, 0.1) is 6.61 Å². The first-order valence-corrected chi connectivity index (χ1v) is 4.49. The van der Waals surface area contributed by atoms with Crippen LogP contribution in [0.3, 0.4) is 0 Å². The van der Waals surface area contributed by atoms with E-state index in [-0.39, 0.29) is 11.9 Å². The van der Waals surface area contributed by atoms with Crippen LogP contribution in [-0.4, -0.2) is 18.5 Å². The quantitative estimate of drug-likeness (QED) is 0.603. The smallest absolute Gasteiger partial charge is 0.187 e. The molecule has 1 heterocycles. The van der Waals surface area contributed by atoms with E-state index in [0.717, 1.165) is 25.0 Å². The summed E-state index contributed by atoms with van der Waals surface area (Å²) in [6.07, 6.45) is 1.71. The second kappa shape index (κ2) is 3.85. The highest BCUT2D eigenvalue weighted by Crippen LogP contribution is 2.18. The molecule has 1 atom stereocenters. The molecule has 0 aromatic carbocycles. The number of hydrogen-bond donors (Lipinski definition) is 0. The largest absolute Gasteiger partial charge is 0.370 e. The van der Waals surface area contributed by atoms with Crippen molar-refractivity contribution in [3.8, 4) is 0 Å². The SMILES string of the molecule is CC/C(C)=C(\C)C(=O)C1CCO1. The first-order chi connectivity index (χ1) is 5.66. The summed E-state index contributed by atoms with van der Waals surface area (Å²) >= 11 is 0. The average molecular weight is 168 g/mol. The van der Waals surface area contributed by atoms with Gasteiger partial charge in [-0.2, -0.15) is 0 Å². The zero-order chi connectivity index (χ0) is 9.14. The Balaban J connectivity index is 2.62. The first-order valence-electron chi connectivity index (χ1n) is 4.49. The Morgan fingerprint density at radius 1 is 1.50 bits per heavy atom. The van der Waals surface area contributed by atoms with Crippen LogP contribution in [0.2, 0.25) is 0 Å². The maximum atomic E-state index is 11.5. The standard InChI is InChI=1S/C10H16O2/c1-4-7(2)8(3)10(11)9-5-6-12-9/h9H,4-6H2,1-3H3/b8-7+. The van der Waals surface area contributed by atoms with E-state index in [1.165, 1.54) is 5.57 Å². The minimum absolute atomic E-state index is 0.133. The van der Waals surface area contributed by atoms with Crippen LogP contribution in [0.25, 0.3) is 0 Å². The number of allylic oxidation sites excluding steroid dienone is 1. The number of Topliss-reactive ketones (excluding diaryl/α,β-unsaturated/α-hetero) is 1. The molecule has 0 aromatic heterocycles. The van der Waals surface area contributed by atoms with Gasteiger partial charge in [0.25, 0.3) is 0 Å². The van der Waals surface area contributed by atoms with Gasteiger partial charge in [-0.05, 0) is 25.8 Å². The van der Waals surface area contributed by atoms with E-state index in [1.54, 1.807) is 0 Å². The van der Waals surface area contributed by atoms with Crippen molar-refractivity contribution in [3.63, 3.8) is 0 Å². The molecule has 2 nitrogen and oxygen atoms in total. The topological polar surface area (TPSA) is 26.3 Å². The van der Waals surface area contributed by atoms with Gasteiger partial charge in [0.2, 0.25) is 0 Å². The molecule has 1 saturated heterocycles. The Kier molecular flexibility index (Phi) is 3.04. The summed E-state index contributed by atoms with van der Waals surface area (Å²) in [5.74, 6) is 0.181. The van der Waals surface area contributed by atoms with E-state index in [4.69, 9.17) is 4.74 Å². The zero-order valence-electron chi connectivity index (χ0n) is 8.02. The molecule has 0 aromatic rings. The molecule has 0 saturated carbocycles. The molecule has 0 bridgehead atoms. The summed E-state index contributed by atoms with van der Waals surface area (Å²) in [5.41, 5.74) is 2.07. The lowest BCUT2D eigenvalue weighted by Crippen LogP contribution is -2.35. The summed E-state index contributed by atoms with van der Waals surface area (Å²) in [7, 11) is 0. The molecule has 1 rings (SSSR count). The van der Waals surface area contributed by atoms with E-state index < -0.39 is 0 Å². The van der Waals surface area contributed by atoms with Crippen molar-refractivity contribution in [1.29, 1.82) is 0 Å². The average Bonchev–Trinajstić information content (AvgIpc) is 1.98. The molecule has 0 aliphatic carbocycles. The third-order valence-corrected chi connectivity index (χ3v) is 2.53.